The van der Waals surface area contributed by atoms with Crippen molar-refractivity contribution in [2.45, 2.75) is 56.8 Å². The predicted octanol–water partition coefficient (Wildman–Crippen LogP) is 3.86. The van der Waals surface area contributed by atoms with Gasteiger partial charge in [0, 0.05) is 18.5 Å². The number of hydrogen-bond donors (Lipinski definition) is 1. The number of piperidine rings is 1. The van der Waals surface area contributed by atoms with Crippen molar-refractivity contribution in [1.29, 1.82) is 0 Å². The van der Waals surface area contributed by atoms with Crippen molar-refractivity contribution in [3.8, 4) is 5.75 Å². The number of aromatic hydroxyl groups is 1. The molecule has 1 aromatic rings. The molecule has 3 fully saturated rings. The summed E-state index contributed by atoms with van der Waals surface area (Å²) >= 11 is 0. The Labute approximate surface area is 133 Å². The summed E-state index contributed by atoms with van der Waals surface area (Å²) in [6.45, 7) is 3.94. The summed E-state index contributed by atoms with van der Waals surface area (Å²) in [4.78, 5) is 2.79. The van der Waals surface area contributed by atoms with E-state index in [1.54, 1.807) is 0 Å². The summed E-state index contributed by atoms with van der Waals surface area (Å²) in [5.41, 5.74) is 3.91. The van der Waals surface area contributed by atoms with Gasteiger partial charge in [-0.2, -0.15) is 0 Å². The minimum absolute atomic E-state index is 0.374. The maximum absolute atomic E-state index is 10.1. The molecule has 0 amide bonds. The van der Waals surface area contributed by atoms with Crippen LogP contribution in [0, 0.1) is 11.3 Å². The molecule has 2 heteroatoms. The lowest BCUT2D eigenvalue weighted by atomic mass is 9.52. The quantitative estimate of drug-likeness (QED) is 0.896. The maximum Gasteiger partial charge on any atom is 0.115 e. The van der Waals surface area contributed by atoms with E-state index in [4.69, 9.17) is 0 Å². The van der Waals surface area contributed by atoms with Crippen LogP contribution in [0.4, 0.5) is 0 Å². The van der Waals surface area contributed by atoms with Crippen molar-refractivity contribution in [2.75, 3.05) is 19.6 Å². The Morgan fingerprint density at radius 2 is 2.05 bits per heavy atom. The summed E-state index contributed by atoms with van der Waals surface area (Å²) in [6, 6.07) is 6.20. The van der Waals surface area contributed by atoms with Crippen LogP contribution < -0.4 is 0 Å². The Morgan fingerprint density at radius 3 is 2.91 bits per heavy atom. The van der Waals surface area contributed by atoms with Crippen LogP contribution in [0.3, 0.4) is 0 Å². The lowest BCUT2D eigenvalue weighted by Gasteiger charge is -2.57. The molecule has 118 valence electrons. The minimum atomic E-state index is 0.374. The van der Waals surface area contributed by atoms with Crippen molar-refractivity contribution >= 4 is 0 Å². The van der Waals surface area contributed by atoms with Crippen LogP contribution in [0.2, 0.25) is 0 Å². The van der Waals surface area contributed by atoms with Gasteiger partial charge in [0.2, 0.25) is 0 Å². The molecule has 1 heterocycles. The Hall–Kier alpha value is -1.02. The number of aryl methyl sites for hydroxylation is 1. The van der Waals surface area contributed by atoms with Crippen LogP contribution in [0.25, 0.3) is 0 Å². The number of likely N-dealkylation sites (tertiary alicyclic amines) is 1. The van der Waals surface area contributed by atoms with Crippen molar-refractivity contribution in [2.24, 2.45) is 11.3 Å². The second kappa shape index (κ2) is 4.50. The van der Waals surface area contributed by atoms with Gasteiger partial charge in [0.25, 0.3) is 0 Å². The topological polar surface area (TPSA) is 23.5 Å². The monoisotopic (exact) mass is 297 g/mol. The number of fused-ring (bicyclic) bond motifs is 1. The number of phenols is 1. The summed E-state index contributed by atoms with van der Waals surface area (Å²) in [5, 5.41) is 10.1. The first kappa shape index (κ1) is 13.4. The zero-order valence-corrected chi connectivity index (χ0v) is 13.5. The molecule has 0 aromatic heterocycles. The third-order valence-corrected chi connectivity index (χ3v) is 7.35. The third-order valence-electron chi connectivity index (χ3n) is 7.35. The molecule has 2 nitrogen and oxygen atoms in total. The normalized spacial score (nSPS) is 37.5. The first-order chi connectivity index (χ1) is 10.7. The average molecular weight is 297 g/mol. The third kappa shape index (κ3) is 1.76. The van der Waals surface area contributed by atoms with E-state index in [0.717, 1.165) is 5.92 Å². The lowest BCUT2D eigenvalue weighted by Crippen LogP contribution is -2.57. The van der Waals surface area contributed by atoms with Crippen LogP contribution >= 0.6 is 0 Å². The van der Waals surface area contributed by atoms with E-state index in [0.29, 0.717) is 16.6 Å². The number of hydrogen-bond acceptors (Lipinski definition) is 2. The van der Waals surface area contributed by atoms with Crippen molar-refractivity contribution in [1.82, 2.24) is 4.90 Å². The van der Waals surface area contributed by atoms with Gasteiger partial charge in [-0.05, 0) is 86.1 Å². The van der Waals surface area contributed by atoms with Gasteiger partial charge in [-0.15, -0.1) is 0 Å². The predicted molar refractivity (Wildman–Crippen MR) is 88.2 cm³/mol. The number of nitrogens with zero attached hydrogens (tertiary/aromatic N) is 1. The van der Waals surface area contributed by atoms with Gasteiger partial charge in [0.15, 0.2) is 0 Å². The Kier molecular flexibility index (Phi) is 2.75. The standard InChI is InChI=1S/C20H27NO/c22-17-5-4-16-6-9-19-7-1-8-20(19,18(16)12-17)10-11-21(14-19)13-15-2-3-15/h4-5,12,15,22H,1-3,6-11,13-14H2. The average Bonchev–Trinajstić information content (AvgIpc) is 3.23. The lowest BCUT2D eigenvalue weighted by molar-refractivity contribution is 0.00499. The molecule has 1 aliphatic heterocycles. The second-order valence-corrected chi connectivity index (χ2v) is 8.49. The minimum Gasteiger partial charge on any atom is -0.508 e. The zero-order chi connectivity index (χ0) is 14.8. The molecule has 2 atom stereocenters. The van der Waals surface area contributed by atoms with Crippen LogP contribution in [0.1, 0.15) is 56.1 Å². The molecule has 5 rings (SSSR count). The van der Waals surface area contributed by atoms with Gasteiger partial charge in [-0.25, -0.2) is 0 Å². The van der Waals surface area contributed by atoms with Crippen LogP contribution in [-0.4, -0.2) is 29.6 Å². The zero-order valence-electron chi connectivity index (χ0n) is 13.5. The largest absolute Gasteiger partial charge is 0.508 e. The molecule has 2 unspecified atom stereocenters. The highest BCUT2D eigenvalue weighted by Gasteiger charge is 2.59. The van der Waals surface area contributed by atoms with E-state index in [1.807, 2.05) is 6.07 Å². The van der Waals surface area contributed by atoms with E-state index < -0.39 is 0 Å². The molecular formula is C20H27NO. The van der Waals surface area contributed by atoms with E-state index in [1.165, 1.54) is 82.1 Å². The molecule has 0 spiro atoms. The van der Waals surface area contributed by atoms with Crippen LogP contribution in [0.15, 0.2) is 18.2 Å². The number of benzene rings is 1. The molecule has 1 N–H and O–H groups in total. The first-order valence-electron chi connectivity index (χ1n) is 9.26. The Morgan fingerprint density at radius 1 is 1.14 bits per heavy atom. The van der Waals surface area contributed by atoms with Gasteiger partial charge in [0.1, 0.15) is 5.75 Å². The van der Waals surface area contributed by atoms with E-state index in [-0.39, 0.29) is 0 Å². The SMILES string of the molecule is Oc1ccc2c(c1)C13CCCC1(CC2)CN(CC1CC1)CC3. The first-order valence-corrected chi connectivity index (χ1v) is 9.26. The summed E-state index contributed by atoms with van der Waals surface area (Å²) in [5.74, 6) is 1.47. The molecule has 0 radical (unpaired) electrons. The fraction of sp³-hybridized carbons (Fsp3) is 0.700. The number of rotatable bonds is 2. The highest BCUT2D eigenvalue weighted by atomic mass is 16.3. The molecule has 0 bridgehead atoms. The fourth-order valence-corrected chi connectivity index (χ4v) is 6.13. The van der Waals surface area contributed by atoms with Gasteiger partial charge in [0.05, 0.1) is 0 Å². The number of phenolic OH excluding ortho intramolecular Hbond substituents is 1. The molecule has 22 heavy (non-hydrogen) atoms. The molecule has 3 aliphatic carbocycles. The molecule has 2 saturated carbocycles. The summed E-state index contributed by atoms with van der Waals surface area (Å²) in [6.07, 6.45) is 11.0. The molecule has 1 aromatic carbocycles. The second-order valence-electron chi connectivity index (χ2n) is 8.49. The smallest absolute Gasteiger partial charge is 0.115 e. The van der Waals surface area contributed by atoms with E-state index in [2.05, 4.69) is 17.0 Å². The van der Waals surface area contributed by atoms with Crippen LogP contribution in [-0.2, 0) is 11.8 Å². The molecule has 4 aliphatic rings. The van der Waals surface area contributed by atoms with Crippen LogP contribution in [0.5, 0.6) is 5.75 Å². The summed E-state index contributed by atoms with van der Waals surface area (Å²) < 4.78 is 0. The molecular weight excluding hydrogens is 270 g/mol. The van der Waals surface area contributed by atoms with Gasteiger partial charge < -0.3 is 10.0 Å². The maximum atomic E-state index is 10.1. The Balaban J connectivity index is 1.55. The summed E-state index contributed by atoms with van der Waals surface area (Å²) in [7, 11) is 0. The van der Waals surface area contributed by atoms with Gasteiger partial charge in [-0.1, -0.05) is 12.5 Å². The van der Waals surface area contributed by atoms with Gasteiger partial charge >= 0.3 is 0 Å². The van der Waals surface area contributed by atoms with E-state index in [9.17, 15) is 5.11 Å². The van der Waals surface area contributed by atoms with E-state index >= 15 is 0 Å². The van der Waals surface area contributed by atoms with Crippen molar-refractivity contribution in [3.05, 3.63) is 29.3 Å². The highest BCUT2D eigenvalue weighted by molar-refractivity contribution is 5.46. The highest BCUT2D eigenvalue weighted by Crippen LogP contribution is 2.64. The van der Waals surface area contributed by atoms with Gasteiger partial charge in [-0.3, -0.25) is 0 Å². The van der Waals surface area contributed by atoms with Crippen molar-refractivity contribution < 1.29 is 5.11 Å². The molecule has 1 saturated heterocycles. The van der Waals surface area contributed by atoms with Crippen molar-refractivity contribution in [3.63, 3.8) is 0 Å². The Bertz CT molecular complexity index is 608. The fourth-order valence-electron chi connectivity index (χ4n) is 6.13.